The molecule has 2 aromatic carbocycles. The fourth-order valence-electron chi connectivity index (χ4n) is 2.84. The number of hydrogen-bond acceptors (Lipinski definition) is 3. The molecule has 5 nitrogen and oxygen atoms in total. The minimum absolute atomic E-state index is 0.0348. The van der Waals surface area contributed by atoms with Crippen molar-refractivity contribution in [2.45, 2.75) is 26.2 Å². The van der Waals surface area contributed by atoms with E-state index in [0.29, 0.717) is 18.7 Å². The van der Waals surface area contributed by atoms with Crippen LogP contribution in [0.5, 0.6) is 5.75 Å². The van der Waals surface area contributed by atoms with Crippen molar-refractivity contribution in [2.24, 2.45) is 5.92 Å². The maximum Gasteiger partial charge on any atom is 0.341 e. The summed E-state index contributed by atoms with van der Waals surface area (Å²) in [5.74, 6) is -0.405. The summed E-state index contributed by atoms with van der Waals surface area (Å²) >= 11 is 0. The molecule has 0 spiro atoms. The summed E-state index contributed by atoms with van der Waals surface area (Å²) in [6.45, 7) is 4.29. The first kappa shape index (κ1) is 19.5. The number of carboxylic acids is 1. The average Bonchev–Trinajstić information content (AvgIpc) is 2.62. The third kappa shape index (κ3) is 5.92. The molecule has 2 rings (SSSR count). The number of carboxylic acid groups (broad SMARTS) is 1. The summed E-state index contributed by atoms with van der Waals surface area (Å²) in [6, 6.07) is 17.0. The molecule has 0 saturated heterocycles. The number of benzene rings is 2. The number of amides is 1. The van der Waals surface area contributed by atoms with Gasteiger partial charge in [-0.2, -0.15) is 0 Å². The van der Waals surface area contributed by atoms with E-state index in [1.165, 1.54) is 0 Å². The molecule has 5 heteroatoms. The highest BCUT2D eigenvalue weighted by atomic mass is 16.5. The van der Waals surface area contributed by atoms with E-state index in [1.54, 1.807) is 12.1 Å². The van der Waals surface area contributed by atoms with E-state index in [2.05, 4.69) is 5.32 Å². The number of ether oxygens (including phenoxy) is 1. The van der Waals surface area contributed by atoms with Crippen molar-refractivity contribution in [3.63, 3.8) is 0 Å². The predicted molar refractivity (Wildman–Crippen MR) is 100 cm³/mol. The first-order valence-corrected chi connectivity index (χ1v) is 8.73. The number of rotatable bonds is 9. The van der Waals surface area contributed by atoms with Crippen molar-refractivity contribution < 1.29 is 19.4 Å². The topological polar surface area (TPSA) is 75.6 Å². The molecule has 0 aliphatic rings. The molecule has 0 heterocycles. The molecule has 0 bridgehead atoms. The van der Waals surface area contributed by atoms with Crippen LogP contribution in [0.15, 0.2) is 54.6 Å². The highest BCUT2D eigenvalue weighted by molar-refractivity contribution is 5.83. The van der Waals surface area contributed by atoms with Gasteiger partial charge in [-0.05, 0) is 35.6 Å². The lowest BCUT2D eigenvalue weighted by Crippen LogP contribution is -2.33. The minimum Gasteiger partial charge on any atom is -0.482 e. The van der Waals surface area contributed by atoms with E-state index in [0.717, 1.165) is 11.1 Å². The molecule has 138 valence electrons. The molecule has 0 aliphatic carbocycles. The zero-order chi connectivity index (χ0) is 18.9. The number of nitrogens with one attached hydrogen (secondary N) is 1. The Balaban J connectivity index is 1.86. The molecule has 0 saturated carbocycles. The van der Waals surface area contributed by atoms with Gasteiger partial charge in [0, 0.05) is 6.54 Å². The van der Waals surface area contributed by atoms with E-state index in [-0.39, 0.29) is 24.3 Å². The third-order valence-corrected chi connectivity index (χ3v) is 4.11. The van der Waals surface area contributed by atoms with Gasteiger partial charge in [0.1, 0.15) is 5.75 Å². The zero-order valence-electron chi connectivity index (χ0n) is 15.1. The van der Waals surface area contributed by atoms with Gasteiger partial charge in [0.15, 0.2) is 6.61 Å². The van der Waals surface area contributed by atoms with Crippen molar-refractivity contribution in [1.29, 1.82) is 0 Å². The van der Waals surface area contributed by atoms with Crippen LogP contribution in [0.3, 0.4) is 0 Å². The molecule has 0 radical (unpaired) electrons. The number of hydrogen-bond donors (Lipinski definition) is 2. The lowest BCUT2D eigenvalue weighted by Gasteiger charge is -2.20. The van der Waals surface area contributed by atoms with Crippen LogP contribution in [0, 0.1) is 5.92 Å². The number of carbonyl (C=O) groups is 2. The first-order chi connectivity index (χ1) is 12.5. The summed E-state index contributed by atoms with van der Waals surface area (Å²) in [6.07, 6.45) is 0.699. The van der Waals surface area contributed by atoms with Crippen LogP contribution < -0.4 is 10.1 Å². The molecule has 0 fully saturated rings. The smallest absolute Gasteiger partial charge is 0.341 e. The van der Waals surface area contributed by atoms with Gasteiger partial charge in [-0.1, -0.05) is 56.3 Å². The summed E-state index contributed by atoms with van der Waals surface area (Å²) in [5, 5.41) is 11.6. The molecule has 2 aromatic rings. The Labute approximate surface area is 154 Å². The van der Waals surface area contributed by atoms with E-state index in [1.807, 2.05) is 56.3 Å². The van der Waals surface area contributed by atoms with Crippen LogP contribution in [-0.2, 0) is 16.0 Å². The molecule has 1 atom stereocenters. The van der Waals surface area contributed by atoms with E-state index in [9.17, 15) is 9.59 Å². The van der Waals surface area contributed by atoms with Gasteiger partial charge in [-0.25, -0.2) is 4.79 Å². The van der Waals surface area contributed by atoms with Gasteiger partial charge in [0.05, 0.1) is 5.92 Å². The fraction of sp³-hybridized carbons (Fsp3) is 0.333. The third-order valence-electron chi connectivity index (χ3n) is 4.11. The second-order valence-corrected chi connectivity index (χ2v) is 6.50. The Morgan fingerprint density at radius 2 is 1.69 bits per heavy atom. The Hall–Kier alpha value is -2.82. The highest BCUT2D eigenvalue weighted by Gasteiger charge is 2.23. The molecule has 2 N–H and O–H groups in total. The highest BCUT2D eigenvalue weighted by Crippen LogP contribution is 2.24. The normalized spacial score (nSPS) is 11.8. The van der Waals surface area contributed by atoms with Crippen LogP contribution in [0.25, 0.3) is 0 Å². The summed E-state index contributed by atoms with van der Waals surface area (Å²) < 4.78 is 5.10. The van der Waals surface area contributed by atoms with Gasteiger partial charge in [-0.15, -0.1) is 0 Å². The summed E-state index contributed by atoms with van der Waals surface area (Å²) in [5.41, 5.74) is 2.08. The van der Waals surface area contributed by atoms with Gasteiger partial charge >= 0.3 is 5.97 Å². The Bertz CT molecular complexity index is 711. The minimum atomic E-state index is -1.00. The maximum atomic E-state index is 12.6. The molecule has 26 heavy (non-hydrogen) atoms. The molecular weight excluding hydrogens is 330 g/mol. The second-order valence-electron chi connectivity index (χ2n) is 6.50. The molecular formula is C21H25NO4. The van der Waals surface area contributed by atoms with Crippen molar-refractivity contribution in [3.8, 4) is 5.75 Å². The first-order valence-electron chi connectivity index (χ1n) is 8.73. The second kappa shape index (κ2) is 9.61. The summed E-state index contributed by atoms with van der Waals surface area (Å²) in [7, 11) is 0. The monoisotopic (exact) mass is 355 g/mol. The molecule has 0 aliphatic heterocycles. The van der Waals surface area contributed by atoms with E-state index in [4.69, 9.17) is 9.84 Å². The Kier molecular flexibility index (Phi) is 7.21. The van der Waals surface area contributed by atoms with E-state index < -0.39 is 5.97 Å². The Morgan fingerprint density at radius 3 is 2.27 bits per heavy atom. The van der Waals surface area contributed by atoms with Gasteiger partial charge in [-0.3, -0.25) is 4.79 Å². The van der Waals surface area contributed by atoms with Crippen LogP contribution >= 0.6 is 0 Å². The molecule has 1 unspecified atom stereocenters. The molecule has 0 aromatic heterocycles. The standard InChI is InChI=1S/C21H25NO4/c1-15(2)20(17-6-4-3-5-7-17)21(25)22-13-12-16-8-10-18(11-9-16)26-14-19(23)24/h3-11,15,20H,12-14H2,1-2H3,(H,22,25)(H,23,24). The van der Waals surface area contributed by atoms with Gasteiger partial charge in [0.2, 0.25) is 5.91 Å². The van der Waals surface area contributed by atoms with E-state index >= 15 is 0 Å². The summed E-state index contributed by atoms with van der Waals surface area (Å²) in [4.78, 5) is 23.1. The Morgan fingerprint density at radius 1 is 1.04 bits per heavy atom. The lowest BCUT2D eigenvalue weighted by molar-refractivity contribution is -0.139. The van der Waals surface area contributed by atoms with Crippen LogP contribution in [0.1, 0.15) is 30.9 Å². The maximum absolute atomic E-state index is 12.6. The average molecular weight is 355 g/mol. The van der Waals surface area contributed by atoms with Gasteiger partial charge in [0.25, 0.3) is 0 Å². The number of carbonyl (C=O) groups excluding carboxylic acids is 1. The quantitative estimate of drug-likeness (QED) is 0.724. The van der Waals surface area contributed by atoms with Crippen molar-refractivity contribution in [1.82, 2.24) is 5.32 Å². The van der Waals surface area contributed by atoms with Crippen molar-refractivity contribution >= 4 is 11.9 Å². The van der Waals surface area contributed by atoms with Crippen LogP contribution in [-0.4, -0.2) is 30.1 Å². The number of aliphatic carboxylic acids is 1. The lowest BCUT2D eigenvalue weighted by atomic mass is 9.87. The van der Waals surface area contributed by atoms with Gasteiger partial charge < -0.3 is 15.2 Å². The SMILES string of the molecule is CC(C)C(C(=O)NCCc1ccc(OCC(=O)O)cc1)c1ccccc1. The fourth-order valence-corrected chi connectivity index (χ4v) is 2.84. The predicted octanol–water partition coefficient (Wildman–Crippen LogP) is 3.25. The van der Waals surface area contributed by atoms with Crippen molar-refractivity contribution in [2.75, 3.05) is 13.2 Å². The zero-order valence-corrected chi connectivity index (χ0v) is 15.1. The van der Waals surface area contributed by atoms with Crippen molar-refractivity contribution in [3.05, 3.63) is 65.7 Å². The van der Waals surface area contributed by atoms with Crippen LogP contribution in [0.4, 0.5) is 0 Å². The molecule has 1 amide bonds. The van der Waals surface area contributed by atoms with Crippen LogP contribution in [0.2, 0.25) is 0 Å². The largest absolute Gasteiger partial charge is 0.482 e.